The number of aliphatic hydroxyl groups excluding tert-OH is 1. The number of benzene rings is 1. The lowest BCUT2D eigenvalue weighted by Crippen LogP contribution is -2.42. The topological polar surface area (TPSA) is 62.7 Å². The SMILES string of the molecule is O=C(CCc1cccnc1)N1C[C@@H]2c3ccccc3OC[C@]2(CO)C1. The summed E-state index contributed by atoms with van der Waals surface area (Å²) >= 11 is 0. The number of likely N-dealkylation sites (tertiary alicyclic amines) is 1. The zero-order valence-electron chi connectivity index (χ0n) is 14.1. The molecule has 130 valence electrons. The molecule has 0 spiro atoms. The Bertz CT molecular complexity index is 765. The Morgan fingerprint density at radius 1 is 1.32 bits per heavy atom. The van der Waals surface area contributed by atoms with Gasteiger partial charge in [-0.15, -0.1) is 0 Å². The summed E-state index contributed by atoms with van der Waals surface area (Å²) < 4.78 is 5.88. The minimum absolute atomic E-state index is 0.0262. The van der Waals surface area contributed by atoms with Crippen molar-refractivity contribution in [1.82, 2.24) is 9.88 Å². The number of rotatable bonds is 4. The van der Waals surface area contributed by atoms with Crippen molar-refractivity contribution in [3.8, 4) is 5.75 Å². The Kier molecular flexibility index (Phi) is 4.17. The van der Waals surface area contributed by atoms with E-state index in [1.54, 1.807) is 12.4 Å². The fourth-order valence-corrected chi connectivity index (χ4v) is 4.02. The van der Waals surface area contributed by atoms with Gasteiger partial charge in [0.15, 0.2) is 0 Å². The first-order chi connectivity index (χ1) is 12.2. The monoisotopic (exact) mass is 338 g/mol. The summed E-state index contributed by atoms with van der Waals surface area (Å²) in [4.78, 5) is 18.7. The number of nitrogens with zero attached hydrogens (tertiary/aromatic N) is 2. The van der Waals surface area contributed by atoms with Crippen LogP contribution in [0.2, 0.25) is 0 Å². The number of ether oxygens (including phenoxy) is 1. The van der Waals surface area contributed by atoms with Gasteiger partial charge in [-0.25, -0.2) is 0 Å². The first-order valence-corrected chi connectivity index (χ1v) is 8.71. The van der Waals surface area contributed by atoms with E-state index in [2.05, 4.69) is 4.98 Å². The van der Waals surface area contributed by atoms with Gasteiger partial charge in [0.05, 0.1) is 18.6 Å². The molecule has 1 aromatic carbocycles. The summed E-state index contributed by atoms with van der Waals surface area (Å²) in [6.07, 6.45) is 4.69. The van der Waals surface area contributed by atoms with E-state index in [0.717, 1.165) is 16.9 Å². The number of fused-ring (bicyclic) bond motifs is 3. The average Bonchev–Trinajstić information content (AvgIpc) is 3.08. The molecule has 2 aliphatic heterocycles. The van der Waals surface area contributed by atoms with Gasteiger partial charge in [-0.05, 0) is 29.7 Å². The third-order valence-corrected chi connectivity index (χ3v) is 5.48. The van der Waals surface area contributed by atoms with Gasteiger partial charge in [0.25, 0.3) is 0 Å². The van der Waals surface area contributed by atoms with Gasteiger partial charge in [0.2, 0.25) is 5.91 Å². The second-order valence-electron chi connectivity index (χ2n) is 7.04. The molecule has 5 heteroatoms. The maximum atomic E-state index is 12.7. The van der Waals surface area contributed by atoms with Crippen LogP contribution < -0.4 is 4.74 Å². The van der Waals surface area contributed by atoms with Gasteiger partial charge < -0.3 is 14.7 Å². The lowest BCUT2D eigenvalue weighted by atomic mass is 9.74. The van der Waals surface area contributed by atoms with Crippen molar-refractivity contribution in [2.75, 3.05) is 26.3 Å². The number of aromatic nitrogens is 1. The van der Waals surface area contributed by atoms with Crippen molar-refractivity contribution >= 4 is 5.91 Å². The molecule has 5 nitrogen and oxygen atoms in total. The van der Waals surface area contributed by atoms with E-state index >= 15 is 0 Å². The summed E-state index contributed by atoms with van der Waals surface area (Å²) in [6, 6.07) is 11.8. The first-order valence-electron chi connectivity index (χ1n) is 8.71. The van der Waals surface area contributed by atoms with Crippen LogP contribution >= 0.6 is 0 Å². The number of carbonyl (C=O) groups is 1. The van der Waals surface area contributed by atoms with Gasteiger partial charge in [-0.1, -0.05) is 24.3 Å². The molecule has 4 rings (SSSR count). The van der Waals surface area contributed by atoms with E-state index in [1.165, 1.54) is 0 Å². The molecule has 0 unspecified atom stereocenters. The molecule has 1 fully saturated rings. The Balaban J connectivity index is 1.49. The van der Waals surface area contributed by atoms with Crippen molar-refractivity contribution in [3.63, 3.8) is 0 Å². The minimum atomic E-state index is -0.391. The molecular formula is C20H22N2O3. The predicted octanol–water partition coefficient (Wildman–Crippen LogP) is 2.01. The number of aliphatic hydroxyl groups is 1. The maximum Gasteiger partial charge on any atom is 0.222 e. The summed E-state index contributed by atoms with van der Waals surface area (Å²) in [5.74, 6) is 1.13. The number of pyridine rings is 1. The number of hydrogen-bond acceptors (Lipinski definition) is 4. The molecule has 1 N–H and O–H groups in total. The van der Waals surface area contributed by atoms with Crippen LogP contribution in [0.25, 0.3) is 0 Å². The Morgan fingerprint density at radius 3 is 3.00 bits per heavy atom. The molecule has 1 amide bonds. The number of aryl methyl sites for hydroxylation is 1. The standard InChI is InChI=1S/C20H22N2O3/c23-13-20-12-22(19(24)8-7-15-4-3-9-21-10-15)11-17(20)16-5-1-2-6-18(16)25-14-20/h1-6,9-10,17,23H,7-8,11-14H2/t17-,20-/m1/s1. The average molecular weight is 338 g/mol. The van der Waals surface area contributed by atoms with Crippen molar-refractivity contribution in [3.05, 3.63) is 59.9 Å². The van der Waals surface area contributed by atoms with E-state index in [4.69, 9.17) is 4.74 Å². The smallest absolute Gasteiger partial charge is 0.222 e. The zero-order chi connectivity index (χ0) is 17.3. The van der Waals surface area contributed by atoms with E-state index in [1.807, 2.05) is 41.3 Å². The molecule has 1 saturated heterocycles. The lowest BCUT2D eigenvalue weighted by Gasteiger charge is -2.37. The van der Waals surface area contributed by atoms with Crippen LogP contribution in [-0.2, 0) is 11.2 Å². The number of para-hydroxylation sites is 1. The second kappa shape index (κ2) is 6.48. The van der Waals surface area contributed by atoms with E-state index in [9.17, 15) is 9.90 Å². The third-order valence-electron chi connectivity index (χ3n) is 5.48. The molecule has 3 heterocycles. The Hall–Kier alpha value is -2.40. The van der Waals surface area contributed by atoms with Crippen molar-refractivity contribution in [2.24, 2.45) is 5.41 Å². The van der Waals surface area contributed by atoms with E-state index in [-0.39, 0.29) is 18.4 Å². The van der Waals surface area contributed by atoms with Crippen molar-refractivity contribution in [1.29, 1.82) is 0 Å². The Morgan fingerprint density at radius 2 is 2.20 bits per heavy atom. The molecule has 0 saturated carbocycles. The van der Waals surface area contributed by atoms with Gasteiger partial charge in [-0.3, -0.25) is 9.78 Å². The highest BCUT2D eigenvalue weighted by atomic mass is 16.5. The van der Waals surface area contributed by atoms with Crippen LogP contribution in [0.5, 0.6) is 5.75 Å². The zero-order valence-corrected chi connectivity index (χ0v) is 14.1. The van der Waals surface area contributed by atoms with Crippen LogP contribution in [0.15, 0.2) is 48.8 Å². The molecule has 0 radical (unpaired) electrons. The highest BCUT2D eigenvalue weighted by Gasteiger charge is 2.51. The predicted molar refractivity (Wildman–Crippen MR) is 93.3 cm³/mol. The molecule has 0 bridgehead atoms. The highest BCUT2D eigenvalue weighted by molar-refractivity contribution is 5.77. The van der Waals surface area contributed by atoms with Crippen LogP contribution in [0, 0.1) is 5.41 Å². The summed E-state index contributed by atoms with van der Waals surface area (Å²) in [7, 11) is 0. The first kappa shape index (κ1) is 16.1. The van der Waals surface area contributed by atoms with Crippen molar-refractivity contribution < 1.29 is 14.6 Å². The number of amides is 1. The third kappa shape index (κ3) is 2.89. The summed E-state index contributed by atoms with van der Waals surface area (Å²) in [6.45, 7) is 1.68. The van der Waals surface area contributed by atoms with Crippen LogP contribution in [-0.4, -0.2) is 47.2 Å². The summed E-state index contributed by atoms with van der Waals surface area (Å²) in [5, 5.41) is 10.1. The lowest BCUT2D eigenvalue weighted by molar-refractivity contribution is -0.130. The fraction of sp³-hybridized carbons (Fsp3) is 0.400. The quantitative estimate of drug-likeness (QED) is 0.926. The minimum Gasteiger partial charge on any atom is -0.493 e. The van der Waals surface area contributed by atoms with Gasteiger partial charge in [0, 0.05) is 37.8 Å². The van der Waals surface area contributed by atoms with Crippen LogP contribution in [0.3, 0.4) is 0 Å². The number of hydrogen-bond donors (Lipinski definition) is 1. The molecule has 2 aromatic rings. The highest BCUT2D eigenvalue weighted by Crippen LogP contribution is 2.49. The normalized spacial score (nSPS) is 24.4. The molecule has 25 heavy (non-hydrogen) atoms. The second-order valence-corrected chi connectivity index (χ2v) is 7.04. The van der Waals surface area contributed by atoms with Gasteiger partial charge in [0.1, 0.15) is 5.75 Å². The molecule has 1 aromatic heterocycles. The van der Waals surface area contributed by atoms with Crippen LogP contribution in [0.1, 0.15) is 23.5 Å². The maximum absolute atomic E-state index is 12.7. The Labute approximate surface area is 147 Å². The largest absolute Gasteiger partial charge is 0.493 e. The van der Waals surface area contributed by atoms with Crippen molar-refractivity contribution in [2.45, 2.75) is 18.8 Å². The van der Waals surface area contributed by atoms with Gasteiger partial charge in [-0.2, -0.15) is 0 Å². The van der Waals surface area contributed by atoms with E-state index in [0.29, 0.717) is 32.5 Å². The van der Waals surface area contributed by atoms with E-state index < -0.39 is 5.41 Å². The molecule has 2 atom stereocenters. The fourth-order valence-electron chi connectivity index (χ4n) is 4.02. The van der Waals surface area contributed by atoms with Gasteiger partial charge >= 0.3 is 0 Å². The molecular weight excluding hydrogens is 316 g/mol. The summed E-state index contributed by atoms with van der Waals surface area (Å²) in [5.41, 5.74) is 1.78. The molecule has 0 aliphatic carbocycles. The molecule has 2 aliphatic rings. The van der Waals surface area contributed by atoms with Crippen LogP contribution in [0.4, 0.5) is 0 Å². The number of carbonyl (C=O) groups excluding carboxylic acids is 1.